The van der Waals surface area contributed by atoms with Gasteiger partial charge in [0.15, 0.2) is 5.96 Å². The molecule has 0 aliphatic carbocycles. The molecule has 2 heterocycles. The van der Waals surface area contributed by atoms with E-state index in [0.717, 1.165) is 56.7 Å². The molecule has 0 amide bonds. The van der Waals surface area contributed by atoms with Crippen molar-refractivity contribution in [2.75, 3.05) is 45.9 Å². The third-order valence-corrected chi connectivity index (χ3v) is 4.31. The number of hydrogen-bond donors (Lipinski definition) is 1. The smallest absolute Gasteiger partial charge is 0.194 e. The normalized spacial score (nSPS) is 15.9. The van der Waals surface area contributed by atoms with Crippen molar-refractivity contribution in [2.45, 2.75) is 13.5 Å². The van der Waals surface area contributed by atoms with Gasteiger partial charge in [-0.15, -0.1) is 0 Å². The first kappa shape index (κ1) is 18.3. The second-order valence-electron chi connectivity index (χ2n) is 6.15. The molecule has 7 nitrogen and oxygen atoms in total. The molecule has 0 saturated carbocycles. The van der Waals surface area contributed by atoms with Crippen molar-refractivity contribution in [3.8, 4) is 5.75 Å². The number of piperazine rings is 1. The summed E-state index contributed by atoms with van der Waals surface area (Å²) in [5, 5.41) is 7.28. The van der Waals surface area contributed by atoms with Crippen LogP contribution in [0, 0.1) is 0 Å². The van der Waals surface area contributed by atoms with Crippen molar-refractivity contribution in [1.29, 1.82) is 0 Å². The Labute approximate surface area is 154 Å². The quantitative estimate of drug-likeness (QED) is 0.602. The molecule has 0 atom stereocenters. The molecule has 1 aromatic carbocycles. The number of para-hydroxylation sites is 1. The van der Waals surface area contributed by atoms with Crippen molar-refractivity contribution in [3.05, 3.63) is 48.4 Å². The molecule has 1 aromatic heterocycles. The van der Waals surface area contributed by atoms with Crippen LogP contribution in [0.1, 0.15) is 12.6 Å². The maximum Gasteiger partial charge on any atom is 0.194 e. The van der Waals surface area contributed by atoms with Gasteiger partial charge in [0.25, 0.3) is 0 Å². The van der Waals surface area contributed by atoms with Crippen LogP contribution in [0.3, 0.4) is 0 Å². The summed E-state index contributed by atoms with van der Waals surface area (Å²) in [5.74, 6) is 1.87. The maximum absolute atomic E-state index is 5.79. The zero-order valence-electron chi connectivity index (χ0n) is 15.3. The molecule has 0 bridgehead atoms. The van der Waals surface area contributed by atoms with Gasteiger partial charge in [-0.1, -0.05) is 23.4 Å². The van der Waals surface area contributed by atoms with Crippen LogP contribution < -0.4 is 10.1 Å². The third kappa shape index (κ3) is 5.49. The standard InChI is InChI=1S/C19H27N5O2/c1-2-20-19(21-16-17-8-14-26-22-17)24-11-9-23(10-12-24)13-15-25-18-6-4-3-5-7-18/h3-8,14H,2,9-13,15-16H2,1H3,(H,20,21). The molecule has 7 heteroatoms. The Kier molecular flexibility index (Phi) is 6.89. The number of nitrogens with zero attached hydrogens (tertiary/aromatic N) is 4. The summed E-state index contributed by atoms with van der Waals surface area (Å²) in [6.45, 7) is 9.04. The van der Waals surface area contributed by atoms with Crippen molar-refractivity contribution in [3.63, 3.8) is 0 Å². The van der Waals surface area contributed by atoms with E-state index in [1.54, 1.807) is 6.26 Å². The van der Waals surface area contributed by atoms with Crippen LogP contribution >= 0.6 is 0 Å². The van der Waals surface area contributed by atoms with Gasteiger partial charge in [-0.2, -0.15) is 0 Å². The molecule has 1 aliphatic rings. The van der Waals surface area contributed by atoms with Gasteiger partial charge in [0.1, 0.15) is 24.3 Å². The van der Waals surface area contributed by atoms with Crippen LogP contribution in [-0.4, -0.2) is 66.8 Å². The summed E-state index contributed by atoms with van der Waals surface area (Å²) in [4.78, 5) is 9.41. The molecule has 0 spiro atoms. The summed E-state index contributed by atoms with van der Waals surface area (Å²) >= 11 is 0. The SMILES string of the molecule is CCNC(=NCc1ccon1)N1CCN(CCOc2ccccc2)CC1. The Hall–Kier alpha value is -2.54. The second kappa shape index (κ2) is 9.82. The number of aromatic nitrogens is 1. The minimum Gasteiger partial charge on any atom is -0.492 e. The van der Waals surface area contributed by atoms with E-state index in [1.165, 1.54) is 0 Å². The highest BCUT2D eigenvalue weighted by Gasteiger charge is 2.19. The van der Waals surface area contributed by atoms with E-state index in [1.807, 2.05) is 36.4 Å². The number of benzene rings is 1. The summed E-state index contributed by atoms with van der Waals surface area (Å²) in [6.07, 6.45) is 1.58. The van der Waals surface area contributed by atoms with Gasteiger partial charge in [0.2, 0.25) is 0 Å². The highest BCUT2D eigenvalue weighted by molar-refractivity contribution is 5.80. The van der Waals surface area contributed by atoms with Crippen molar-refractivity contribution in [2.24, 2.45) is 4.99 Å². The minimum absolute atomic E-state index is 0.532. The lowest BCUT2D eigenvalue weighted by molar-refractivity contribution is 0.152. The monoisotopic (exact) mass is 357 g/mol. The van der Waals surface area contributed by atoms with E-state index in [2.05, 4.69) is 32.2 Å². The number of ether oxygens (including phenoxy) is 1. The average molecular weight is 357 g/mol. The fourth-order valence-corrected chi connectivity index (χ4v) is 2.89. The molecule has 3 rings (SSSR count). The maximum atomic E-state index is 5.79. The average Bonchev–Trinajstić information content (AvgIpc) is 3.20. The molecule has 1 N–H and O–H groups in total. The first-order valence-electron chi connectivity index (χ1n) is 9.18. The predicted octanol–water partition coefficient (Wildman–Crippen LogP) is 1.84. The van der Waals surface area contributed by atoms with Crippen molar-refractivity contribution in [1.82, 2.24) is 20.3 Å². The van der Waals surface area contributed by atoms with Crippen molar-refractivity contribution >= 4 is 5.96 Å². The van der Waals surface area contributed by atoms with E-state index in [-0.39, 0.29) is 0 Å². The lowest BCUT2D eigenvalue weighted by Crippen LogP contribution is -2.53. The van der Waals surface area contributed by atoms with Crippen molar-refractivity contribution < 1.29 is 9.26 Å². The Balaban J connectivity index is 1.43. The molecular formula is C19H27N5O2. The molecule has 1 aliphatic heterocycles. The minimum atomic E-state index is 0.532. The Bertz CT molecular complexity index is 652. The first-order chi connectivity index (χ1) is 12.8. The molecule has 2 aromatic rings. The fraction of sp³-hybridized carbons (Fsp3) is 0.474. The van der Waals surface area contributed by atoms with Crippen LogP contribution in [0.25, 0.3) is 0 Å². The van der Waals surface area contributed by atoms with Gasteiger partial charge < -0.3 is 19.5 Å². The van der Waals surface area contributed by atoms with Crippen LogP contribution in [0.5, 0.6) is 5.75 Å². The van der Waals surface area contributed by atoms with Crippen LogP contribution in [0.15, 0.2) is 52.2 Å². The zero-order valence-corrected chi connectivity index (χ0v) is 15.3. The molecule has 1 saturated heterocycles. The number of nitrogens with one attached hydrogen (secondary N) is 1. The summed E-state index contributed by atoms with van der Waals surface area (Å²) in [7, 11) is 0. The van der Waals surface area contributed by atoms with Gasteiger partial charge >= 0.3 is 0 Å². The topological polar surface area (TPSA) is 66.1 Å². The Morgan fingerprint density at radius 3 is 2.69 bits per heavy atom. The van der Waals surface area contributed by atoms with Gasteiger partial charge in [0.05, 0.1) is 6.54 Å². The largest absolute Gasteiger partial charge is 0.492 e. The van der Waals surface area contributed by atoms with Gasteiger partial charge in [-0.25, -0.2) is 4.99 Å². The molecular weight excluding hydrogens is 330 g/mol. The highest BCUT2D eigenvalue weighted by Crippen LogP contribution is 2.09. The summed E-state index contributed by atoms with van der Waals surface area (Å²) in [6, 6.07) is 11.8. The third-order valence-electron chi connectivity index (χ3n) is 4.31. The van der Waals surface area contributed by atoms with E-state index < -0.39 is 0 Å². The number of guanidine groups is 1. The second-order valence-corrected chi connectivity index (χ2v) is 6.15. The van der Waals surface area contributed by atoms with Gasteiger partial charge in [-0.3, -0.25) is 4.90 Å². The van der Waals surface area contributed by atoms with Gasteiger partial charge in [-0.05, 0) is 19.1 Å². The van der Waals surface area contributed by atoms with E-state index in [9.17, 15) is 0 Å². The fourth-order valence-electron chi connectivity index (χ4n) is 2.89. The highest BCUT2D eigenvalue weighted by atomic mass is 16.5. The van der Waals surface area contributed by atoms with Crippen LogP contribution in [0.4, 0.5) is 0 Å². The predicted molar refractivity (Wildman–Crippen MR) is 101 cm³/mol. The molecule has 140 valence electrons. The molecule has 0 radical (unpaired) electrons. The Morgan fingerprint density at radius 1 is 1.19 bits per heavy atom. The van der Waals surface area contributed by atoms with E-state index in [0.29, 0.717) is 13.2 Å². The number of aliphatic imine (C=N–C) groups is 1. The summed E-state index contributed by atoms with van der Waals surface area (Å²) in [5.41, 5.74) is 0.845. The van der Waals surface area contributed by atoms with Crippen LogP contribution in [0.2, 0.25) is 0 Å². The number of hydrogen-bond acceptors (Lipinski definition) is 5. The van der Waals surface area contributed by atoms with Gasteiger partial charge in [0, 0.05) is 45.3 Å². The lowest BCUT2D eigenvalue weighted by Gasteiger charge is -2.36. The van der Waals surface area contributed by atoms with Crippen LogP contribution in [-0.2, 0) is 6.54 Å². The first-order valence-corrected chi connectivity index (χ1v) is 9.18. The summed E-state index contributed by atoms with van der Waals surface area (Å²) < 4.78 is 10.7. The molecule has 0 unspecified atom stereocenters. The molecule has 26 heavy (non-hydrogen) atoms. The van der Waals surface area contributed by atoms with E-state index in [4.69, 9.17) is 9.26 Å². The lowest BCUT2D eigenvalue weighted by atomic mass is 10.3. The molecule has 1 fully saturated rings. The number of rotatable bonds is 7. The zero-order chi connectivity index (χ0) is 18.0. The van der Waals surface area contributed by atoms with E-state index >= 15 is 0 Å². The Morgan fingerprint density at radius 2 is 2.00 bits per heavy atom.